The fourth-order valence-corrected chi connectivity index (χ4v) is 1.27. The van der Waals surface area contributed by atoms with E-state index in [1.807, 2.05) is 6.92 Å². The predicted octanol–water partition coefficient (Wildman–Crippen LogP) is 2.74. The summed E-state index contributed by atoms with van der Waals surface area (Å²) in [5, 5.41) is 0. The normalized spacial score (nSPS) is 10.0. The third kappa shape index (κ3) is 2.10. The van der Waals surface area contributed by atoms with E-state index in [4.69, 9.17) is 4.74 Å². The summed E-state index contributed by atoms with van der Waals surface area (Å²) in [6, 6.07) is 2.87. The number of rotatable bonds is 3. The third-order valence-electron chi connectivity index (χ3n) is 2.01. The zero-order valence-electron chi connectivity index (χ0n) is 8.56. The molecule has 0 unspecified atom stereocenters. The van der Waals surface area contributed by atoms with Crippen LogP contribution in [-0.2, 0) is 0 Å². The van der Waals surface area contributed by atoms with Gasteiger partial charge in [-0.15, -0.1) is 0 Å². The molecule has 3 heteroatoms. The number of ether oxygens (including phenoxy) is 1. The Morgan fingerprint density at radius 2 is 2.14 bits per heavy atom. The number of Topliss-reactive ketones (excluding diaryl/α,β-unsaturated/α-hetero) is 1. The first-order valence-electron chi connectivity index (χ1n) is 4.50. The molecule has 0 spiro atoms. The van der Waals surface area contributed by atoms with Crippen LogP contribution >= 0.6 is 0 Å². The maximum absolute atomic E-state index is 13.3. The van der Waals surface area contributed by atoms with Gasteiger partial charge in [0.05, 0.1) is 6.61 Å². The molecule has 2 nitrogen and oxygen atoms in total. The first-order valence-corrected chi connectivity index (χ1v) is 4.50. The van der Waals surface area contributed by atoms with Crippen LogP contribution in [0, 0.1) is 12.7 Å². The van der Waals surface area contributed by atoms with Gasteiger partial charge in [0, 0.05) is 11.6 Å². The molecular weight excluding hydrogens is 183 g/mol. The lowest BCUT2D eigenvalue weighted by atomic mass is 10.0. The van der Waals surface area contributed by atoms with Crippen LogP contribution in [0.25, 0.3) is 0 Å². The zero-order valence-corrected chi connectivity index (χ0v) is 8.56. The summed E-state index contributed by atoms with van der Waals surface area (Å²) in [4.78, 5) is 11.2. The Balaban J connectivity index is 3.21. The predicted molar refractivity (Wildman–Crippen MR) is 52.3 cm³/mol. The summed E-state index contributed by atoms with van der Waals surface area (Å²) in [5.74, 6) is -0.148. The average Bonchev–Trinajstić information content (AvgIpc) is 2.11. The standard InChI is InChI=1S/C11H13FO2/c1-4-14-9-5-10(8(3)13)7(2)11(12)6-9/h5-6H,4H2,1-3H3. The molecule has 0 saturated carbocycles. The highest BCUT2D eigenvalue weighted by molar-refractivity contribution is 5.95. The maximum Gasteiger partial charge on any atom is 0.160 e. The smallest absolute Gasteiger partial charge is 0.160 e. The molecule has 0 aliphatic carbocycles. The van der Waals surface area contributed by atoms with Gasteiger partial charge in [-0.1, -0.05) is 0 Å². The highest BCUT2D eigenvalue weighted by Crippen LogP contribution is 2.21. The van der Waals surface area contributed by atoms with Crippen LogP contribution in [0.1, 0.15) is 29.8 Å². The molecule has 0 saturated heterocycles. The van der Waals surface area contributed by atoms with Crippen molar-refractivity contribution in [2.24, 2.45) is 0 Å². The van der Waals surface area contributed by atoms with Gasteiger partial charge < -0.3 is 4.74 Å². The second-order valence-corrected chi connectivity index (χ2v) is 3.07. The number of carbonyl (C=O) groups is 1. The largest absolute Gasteiger partial charge is 0.494 e. The van der Waals surface area contributed by atoms with E-state index in [2.05, 4.69) is 0 Å². The van der Waals surface area contributed by atoms with Crippen molar-refractivity contribution in [2.45, 2.75) is 20.8 Å². The van der Waals surface area contributed by atoms with Crippen molar-refractivity contribution in [3.8, 4) is 5.75 Å². The van der Waals surface area contributed by atoms with Crippen LogP contribution < -0.4 is 4.74 Å². The van der Waals surface area contributed by atoms with Gasteiger partial charge >= 0.3 is 0 Å². The number of hydrogen-bond acceptors (Lipinski definition) is 2. The van der Waals surface area contributed by atoms with E-state index in [9.17, 15) is 9.18 Å². The average molecular weight is 196 g/mol. The van der Waals surface area contributed by atoms with Crippen molar-refractivity contribution >= 4 is 5.78 Å². The van der Waals surface area contributed by atoms with Gasteiger partial charge in [0.25, 0.3) is 0 Å². The molecule has 0 heterocycles. The monoisotopic (exact) mass is 196 g/mol. The molecule has 0 atom stereocenters. The molecule has 76 valence electrons. The molecule has 0 aromatic heterocycles. The van der Waals surface area contributed by atoms with Crippen molar-refractivity contribution in [1.29, 1.82) is 0 Å². The molecule has 14 heavy (non-hydrogen) atoms. The SMILES string of the molecule is CCOc1cc(F)c(C)c(C(C)=O)c1. The molecule has 0 bridgehead atoms. The highest BCUT2D eigenvalue weighted by atomic mass is 19.1. The Bertz CT molecular complexity index is 359. The van der Waals surface area contributed by atoms with E-state index in [-0.39, 0.29) is 5.78 Å². The van der Waals surface area contributed by atoms with E-state index >= 15 is 0 Å². The topological polar surface area (TPSA) is 26.3 Å². The number of ketones is 1. The van der Waals surface area contributed by atoms with Crippen LogP contribution in [0.4, 0.5) is 4.39 Å². The van der Waals surface area contributed by atoms with Crippen LogP contribution in [0.2, 0.25) is 0 Å². The maximum atomic E-state index is 13.3. The summed E-state index contributed by atoms with van der Waals surface area (Å²) in [7, 11) is 0. The van der Waals surface area contributed by atoms with Crippen molar-refractivity contribution in [1.82, 2.24) is 0 Å². The molecule has 0 fully saturated rings. The second-order valence-electron chi connectivity index (χ2n) is 3.07. The Labute approximate surface area is 82.7 Å². The van der Waals surface area contributed by atoms with Crippen LogP contribution in [0.3, 0.4) is 0 Å². The molecule has 0 aliphatic rings. The second kappa shape index (κ2) is 4.22. The molecule has 0 radical (unpaired) electrons. The van der Waals surface area contributed by atoms with E-state index in [1.165, 1.54) is 13.0 Å². The molecule has 0 N–H and O–H groups in total. The van der Waals surface area contributed by atoms with Gasteiger partial charge in [0.15, 0.2) is 5.78 Å². The van der Waals surface area contributed by atoms with E-state index in [0.29, 0.717) is 23.5 Å². The first-order chi connectivity index (χ1) is 6.56. The Morgan fingerprint density at radius 1 is 1.50 bits per heavy atom. The molecular formula is C11H13FO2. The summed E-state index contributed by atoms with van der Waals surface area (Å²) in [6.45, 7) is 5.27. The lowest BCUT2D eigenvalue weighted by molar-refractivity contribution is 0.101. The quantitative estimate of drug-likeness (QED) is 0.695. The number of halogens is 1. The van der Waals surface area contributed by atoms with E-state index in [0.717, 1.165) is 0 Å². The lowest BCUT2D eigenvalue weighted by Gasteiger charge is -2.08. The van der Waals surface area contributed by atoms with Gasteiger partial charge in [-0.05, 0) is 32.4 Å². The fraction of sp³-hybridized carbons (Fsp3) is 0.364. The minimum absolute atomic E-state index is 0.150. The van der Waals surface area contributed by atoms with Crippen molar-refractivity contribution < 1.29 is 13.9 Å². The molecule has 1 aromatic carbocycles. The minimum Gasteiger partial charge on any atom is -0.494 e. The molecule has 1 rings (SSSR count). The minimum atomic E-state index is -0.402. The van der Waals surface area contributed by atoms with Gasteiger partial charge in [-0.2, -0.15) is 0 Å². The zero-order chi connectivity index (χ0) is 10.7. The van der Waals surface area contributed by atoms with E-state index in [1.54, 1.807) is 13.0 Å². The number of benzene rings is 1. The number of carbonyl (C=O) groups excluding carboxylic acids is 1. The summed E-state index contributed by atoms with van der Waals surface area (Å²) in [5.41, 5.74) is 0.759. The molecule has 1 aromatic rings. The Kier molecular flexibility index (Phi) is 3.23. The third-order valence-corrected chi connectivity index (χ3v) is 2.01. The fourth-order valence-electron chi connectivity index (χ4n) is 1.27. The Morgan fingerprint density at radius 3 is 2.64 bits per heavy atom. The van der Waals surface area contributed by atoms with Crippen molar-refractivity contribution in [2.75, 3.05) is 6.61 Å². The van der Waals surface area contributed by atoms with Crippen molar-refractivity contribution in [3.63, 3.8) is 0 Å². The van der Waals surface area contributed by atoms with Crippen LogP contribution in [0.15, 0.2) is 12.1 Å². The highest BCUT2D eigenvalue weighted by Gasteiger charge is 2.10. The van der Waals surface area contributed by atoms with Gasteiger partial charge in [0.2, 0.25) is 0 Å². The van der Waals surface area contributed by atoms with Crippen molar-refractivity contribution in [3.05, 3.63) is 29.1 Å². The van der Waals surface area contributed by atoms with Gasteiger partial charge in [0.1, 0.15) is 11.6 Å². The molecule has 0 amide bonds. The summed E-state index contributed by atoms with van der Waals surface area (Å²) < 4.78 is 18.4. The van der Waals surface area contributed by atoms with Gasteiger partial charge in [-0.3, -0.25) is 4.79 Å². The van der Waals surface area contributed by atoms with Gasteiger partial charge in [-0.25, -0.2) is 4.39 Å². The summed E-state index contributed by atoms with van der Waals surface area (Å²) in [6.07, 6.45) is 0. The Hall–Kier alpha value is -1.38. The molecule has 0 aliphatic heterocycles. The number of hydrogen-bond donors (Lipinski definition) is 0. The van der Waals surface area contributed by atoms with Crippen LogP contribution in [0.5, 0.6) is 5.75 Å². The van der Waals surface area contributed by atoms with Crippen LogP contribution in [-0.4, -0.2) is 12.4 Å². The lowest BCUT2D eigenvalue weighted by Crippen LogP contribution is -2.01. The first kappa shape index (κ1) is 10.7. The summed E-state index contributed by atoms with van der Waals surface area (Å²) >= 11 is 0. The van der Waals surface area contributed by atoms with E-state index < -0.39 is 5.82 Å².